The first-order chi connectivity index (χ1) is 8.25. The van der Waals surface area contributed by atoms with E-state index in [1.807, 2.05) is 11.9 Å². The molecule has 2 heterocycles. The quantitative estimate of drug-likeness (QED) is 0.745. The molecule has 1 N–H and O–H groups in total. The zero-order valence-corrected chi connectivity index (χ0v) is 10.5. The summed E-state index contributed by atoms with van der Waals surface area (Å²) >= 11 is 0. The molecule has 0 bridgehead atoms. The van der Waals surface area contributed by atoms with Crippen LogP contribution in [-0.4, -0.2) is 63.4 Å². The molecule has 0 radical (unpaired) electrons. The lowest BCUT2D eigenvalue weighted by atomic mass is 10.1. The first-order valence-corrected chi connectivity index (χ1v) is 6.38. The van der Waals surface area contributed by atoms with E-state index in [0.717, 1.165) is 39.3 Å². The molecule has 2 aliphatic rings. The van der Waals surface area contributed by atoms with Gasteiger partial charge in [-0.15, -0.1) is 0 Å². The van der Waals surface area contributed by atoms with Crippen molar-refractivity contribution in [2.75, 3.05) is 46.6 Å². The van der Waals surface area contributed by atoms with E-state index >= 15 is 0 Å². The number of hydrogen-bond acceptors (Lipinski definition) is 4. The number of ether oxygens (including phenoxy) is 2. The van der Waals surface area contributed by atoms with Crippen LogP contribution in [0.1, 0.15) is 12.8 Å². The van der Waals surface area contributed by atoms with E-state index in [1.165, 1.54) is 0 Å². The molecule has 2 unspecified atom stereocenters. The second-order valence-corrected chi connectivity index (χ2v) is 4.93. The number of carbonyl (C=O) groups excluding carboxylic acids is 1. The number of amides is 1. The van der Waals surface area contributed by atoms with Crippen molar-refractivity contribution < 1.29 is 14.3 Å². The van der Waals surface area contributed by atoms with Gasteiger partial charge >= 0.3 is 0 Å². The largest absolute Gasteiger partial charge is 0.381 e. The second-order valence-electron chi connectivity index (χ2n) is 4.93. The Labute approximate surface area is 102 Å². The summed E-state index contributed by atoms with van der Waals surface area (Å²) in [6.07, 6.45) is 1.60. The standard InChI is InChI=1S/C12H22N2O3/c1-14(7-10-2-4-16-8-10)12(15)6-11-9-17-5-3-13-11/h10-11,13H,2-9H2,1H3. The second kappa shape index (κ2) is 6.33. The maximum atomic E-state index is 12.0. The molecular weight excluding hydrogens is 220 g/mol. The van der Waals surface area contributed by atoms with Gasteiger partial charge in [-0.25, -0.2) is 0 Å². The first kappa shape index (κ1) is 12.8. The number of hydrogen-bond donors (Lipinski definition) is 1. The van der Waals surface area contributed by atoms with Crippen LogP contribution in [0.3, 0.4) is 0 Å². The number of rotatable bonds is 4. The number of nitrogens with zero attached hydrogens (tertiary/aromatic N) is 1. The summed E-state index contributed by atoms with van der Waals surface area (Å²) in [7, 11) is 1.88. The number of carbonyl (C=O) groups is 1. The number of morpholine rings is 1. The molecule has 2 saturated heterocycles. The van der Waals surface area contributed by atoms with E-state index in [-0.39, 0.29) is 11.9 Å². The lowest BCUT2D eigenvalue weighted by Crippen LogP contribution is -2.45. The van der Waals surface area contributed by atoms with Crippen molar-refractivity contribution in [3.05, 3.63) is 0 Å². The van der Waals surface area contributed by atoms with Crippen LogP contribution in [0, 0.1) is 5.92 Å². The van der Waals surface area contributed by atoms with E-state index < -0.39 is 0 Å². The van der Waals surface area contributed by atoms with Gasteiger partial charge < -0.3 is 19.7 Å². The van der Waals surface area contributed by atoms with Gasteiger partial charge in [0.2, 0.25) is 5.91 Å². The van der Waals surface area contributed by atoms with Crippen LogP contribution in [0.4, 0.5) is 0 Å². The van der Waals surface area contributed by atoms with Crippen molar-refractivity contribution in [2.24, 2.45) is 5.92 Å². The van der Waals surface area contributed by atoms with Gasteiger partial charge in [-0.05, 0) is 6.42 Å². The molecule has 0 aliphatic carbocycles. The van der Waals surface area contributed by atoms with Crippen LogP contribution in [0.2, 0.25) is 0 Å². The highest BCUT2D eigenvalue weighted by atomic mass is 16.5. The first-order valence-electron chi connectivity index (χ1n) is 6.38. The number of nitrogens with one attached hydrogen (secondary N) is 1. The third kappa shape index (κ3) is 3.94. The van der Waals surface area contributed by atoms with Crippen molar-refractivity contribution in [3.8, 4) is 0 Å². The Kier molecular flexibility index (Phi) is 4.76. The van der Waals surface area contributed by atoms with Crippen LogP contribution in [0.5, 0.6) is 0 Å². The van der Waals surface area contributed by atoms with Gasteiger partial charge in [0.25, 0.3) is 0 Å². The summed E-state index contributed by atoms with van der Waals surface area (Å²) in [4.78, 5) is 13.8. The predicted octanol–water partition coefficient (Wildman–Crippen LogP) is -0.140. The van der Waals surface area contributed by atoms with Gasteiger partial charge in [-0.1, -0.05) is 0 Å². The Hall–Kier alpha value is -0.650. The Morgan fingerprint density at radius 2 is 2.18 bits per heavy atom. The minimum absolute atomic E-state index is 0.179. The van der Waals surface area contributed by atoms with Gasteiger partial charge in [0.1, 0.15) is 0 Å². The molecular formula is C12H22N2O3. The Morgan fingerprint density at radius 1 is 1.35 bits per heavy atom. The lowest BCUT2D eigenvalue weighted by molar-refractivity contribution is -0.131. The fourth-order valence-electron chi connectivity index (χ4n) is 2.33. The summed E-state index contributed by atoms with van der Waals surface area (Å²) in [5, 5.41) is 3.30. The molecule has 2 atom stereocenters. The molecule has 2 aliphatic heterocycles. The van der Waals surface area contributed by atoms with Crippen LogP contribution in [-0.2, 0) is 14.3 Å². The summed E-state index contributed by atoms with van der Waals surface area (Å²) in [5.74, 6) is 0.708. The van der Waals surface area contributed by atoms with Gasteiger partial charge in [0.05, 0.1) is 19.8 Å². The highest BCUT2D eigenvalue weighted by molar-refractivity contribution is 5.76. The molecule has 2 rings (SSSR count). The van der Waals surface area contributed by atoms with Gasteiger partial charge in [-0.2, -0.15) is 0 Å². The molecule has 5 heteroatoms. The van der Waals surface area contributed by atoms with Crippen molar-refractivity contribution >= 4 is 5.91 Å². The van der Waals surface area contributed by atoms with Crippen molar-refractivity contribution in [1.29, 1.82) is 0 Å². The van der Waals surface area contributed by atoms with Gasteiger partial charge in [0, 0.05) is 45.1 Å². The molecule has 0 spiro atoms. The van der Waals surface area contributed by atoms with E-state index in [4.69, 9.17) is 9.47 Å². The van der Waals surface area contributed by atoms with Gasteiger partial charge in [0.15, 0.2) is 0 Å². The molecule has 0 saturated carbocycles. The van der Waals surface area contributed by atoms with Crippen molar-refractivity contribution in [2.45, 2.75) is 18.9 Å². The van der Waals surface area contributed by atoms with Crippen LogP contribution in [0.15, 0.2) is 0 Å². The van der Waals surface area contributed by atoms with Crippen molar-refractivity contribution in [1.82, 2.24) is 10.2 Å². The predicted molar refractivity (Wildman–Crippen MR) is 63.8 cm³/mol. The summed E-state index contributed by atoms with van der Waals surface area (Å²) in [6.45, 7) is 4.68. The van der Waals surface area contributed by atoms with Crippen LogP contribution in [0.25, 0.3) is 0 Å². The van der Waals surface area contributed by atoms with Crippen molar-refractivity contribution in [3.63, 3.8) is 0 Å². The Morgan fingerprint density at radius 3 is 2.82 bits per heavy atom. The highest BCUT2D eigenvalue weighted by Gasteiger charge is 2.23. The van der Waals surface area contributed by atoms with Gasteiger partial charge in [-0.3, -0.25) is 4.79 Å². The highest BCUT2D eigenvalue weighted by Crippen LogP contribution is 2.14. The zero-order chi connectivity index (χ0) is 12.1. The molecule has 17 heavy (non-hydrogen) atoms. The minimum atomic E-state index is 0.179. The molecule has 2 fully saturated rings. The molecule has 0 aromatic carbocycles. The topological polar surface area (TPSA) is 50.8 Å². The smallest absolute Gasteiger partial charge is 0.223 e. The summed E-state index contributed by atoms with van der Waals surface area (Å²) in [5.41, 5.74) is 0. The molecule has 0 aromatic heterocycles. The molecule has 5 nitrogen and oxygen atoms in total. The van der Waals surface area contributed by atoms with E-state index in [0.29, 0.717) is 18.9 Å². The molecule has 0 aromatic rings. The maximum absolute atomic E-state index is 12.0. The SMILES string of the molecule is CN(CC1CCOC1)C(=O)CC1COCCN1. The van der Waals surface area contributed by atoms with Crippen LogP contribution >= 0.6 is 0 Å². The van der Waals surface area contributed by atoms with Crippen LogP contribution < -0.4 is 5.32 Å². The minimum Gasteiger partial charge on any atom is -0.381 e. The monoisotopic (exact) mass is 242 g/mol. The third-order valence-electron chi connectivity index (χ3n) is 3.40. The lowest BCUT2D eigenvalue weighted by Gasteiger charge is -2.26. The molecule has 1 amide bonds. The Balaban J connectivity index is 1.70. The maximum Gasteiger partial charge on any atom is 0.223 e. The normalized spacial score (nSPS) is 29.2. The average molecular weight is 242 g/mol. The fraction of sp³-hybridized carbons (Fsp3) is 0.917. The third-order valence-corrected chi connectivity index (χ3v) is 3.40. The van der Waals surface area contributed by atoms with E-state index in [9.17, 15) is 4.79 Å². The molecule has 98 valence electrons. The zero-order valence-electron chi connectivity index (χ0n) is 10.5. The summed E-state index contributed by atoms with van der Waals surface area (Å²) in [6, 6.07) is 0.179. The fourth-order valence-corrected chi connectivity index (χ4v) is 2.33. The summed E-state index contributed by atoms with van der Waals surface area (Å²) < 4.78 is 10.7. The van der Waals surface area contributed by atoms with E-state index in [2.05, 4.69) is 5.32 Å². The Bertz CT molecular complexity index is 248. The average Bonchev–Trinajstić information content (AvgIpc) is 2.83. The van der Waals surface area contributed by atoms with E-state index in [1.54, 1.807) is 0 Å².